The van der Waals surface area contributed by atoms with Gasteiger partial charge < -0.3 is 16.4 Å². The molecule has 0 amide bonds. The lowest BCUT2D eigenvalue weighted by Crippen LogP contribution is -2.54. The first-order chi connectivity index (χ1) is 8.77. The van der Waals surface area contributed by atoms with Crippen LogP contribution in [0.25, 0.3) is 0 Å². The predicted octanol–water partition coefficient (Wildman–Crippen LogP) is -1.61. The van der Waals surface area contributed by atoms with Crippen molar-refractivity contribution in [3.05, 3.63) is 0 Å². The van der Waals surface area contributed by atoms with Crippen LogP contribution in [-0.2, 0) is 0 Å². The number of hydrogen-bond donors (Lipinski definition) is 4. The van der Waals surface area contributed by atoms with Crippen molar-refractivity contribution in [2.24, 2.45) is 11.6 Å². The van der Waals surface area contributed by atoms with E-state index in [0.29, 0.717) is 6.04 Å². The molecule has 18 heavy (non-hydrogen) atoms. The van der Waals surface area contributed by atoms with Crippen molar-refractivity contribution in [1.82, 2.24) is 20.5 Å². The van der Waals surface area contributed by atoms with Gasteiger partial charge >= 0.3 is 0 Å². The van der Waals surface area contributed by atoms with E-state index in [-0.39, 0.29) is 0 Å². The molecule has 2 aliphatic rings. The standard InChI is InChI=1S/2C6H15N3/c7-1-4-9-5-2-8-3-6-9;1-2-6-5-8-3-4-9(6)7/h8H,1-7H2;6,8H,2-5,7H2,1H3. The van der Waals surface area contributed by atoms with E-state index in [4.69, 9.17) is 11.6 Å². The molecule has 108 valence electrons. The topological polar surface area (TPSA) is 82.6 Å². The fourth-order valence-corrected chi connectivity index (χ4v) is 2.27. The molecule has 0 saturated carbocycles. The molecule has 2 heterocycles. The van der Waals surface area contributed by atoms with Gasteiger partial charge in [0.25, 0.3) is 0 Å². The monoisotopic (exact) mass is 258 g/mol. The molecule has 0 bridgehead atoms. The van der Waals surface area contributed by atoms with Gasteiger partial charge in [-0.25, -0.2) is 5.01 Å². The minimum atomic E-state index is 0.554. The van der Waals surface area contributed by atoms with Crippen molar-refractivity contribution in [3.8, 4) is 0 Å². The summed E-state index contributed by atoms with van der Waals surface area (Å²) in [6.07, 6.45) is 1.14. The Balaban J connectivity index is 0.000000180. The number of piperazine rings is 2. The predicted molar refractivity (Wildman–Crippen MR) is 76.2 cm³/mol. The van der Waals surface area contributed by atoms with E-state index in [2.05, 4.69) is 22.5 Å². The summed E-state index contributed by atoms with van der Waals surface area (Å²) in [7, 11) is 0. The Labute approximate surface area is 111 Å². The van der Waals surface area contributed by atoms with Crippen LogP contribution >= 0.6 is 0 Å². The van der Waals surface area contributed by atoms with Crippen molar-refractivity contribution in [2.45, 2.75) is 19.4 Å². The Morgan fingerprint density at radius 3 is 2.28 bits per heavy atom. The molecule has 2 aliphatic heterocycles. The highest BCUT2D eigenvalue weighted by molar-refractivity contribution is 4.73. The second-order valence-electron chi connectivity index (χ2n) is 4.88. The van der Waals surface area contributed by atoms with E-state index in [1.807, 2.05) is 5.01 Å². The zero-order chi connectivity index (χ0) is 13.2. The molecule has 6 N–H and O–H groups in total. The van der Waals surface area contributed by atoms with Crippen molar-refractivity contribution >= 4 is 0 Å². The van der Waals surface area contributed by atoms with Crippen LogP contribution < -0.4 is 22.2 Å². The van der Waals surface area contributed by atoms with Gasteiger partial charge in [-0.15, -0.1) is 0 Å². The lowest BCUT2D eigenvalue weighted by Gasteiger charge is -2.31. The number of hydrazine groups is 1. The molecule has 2 saturated heterocycles. The van der Waals surface area contributed by atoms with Gasteiger partial charge in [-0.1, -0.05) is 6.92 Å². The largest absolute Gasteiger partial charge is 0.329 e. The van der Waals surface area contributed by atoms with Crippen LogP contribution in [0.1, 0.15) is 13.3 Å². The molecule has 0 aliphatic carbocycles. The summed E-state index contributed by atoms with van der Waals surface area (Å²) in [5.74, 6) is 5.68. The average molecular weight is 258 g/mol. The summed E-state index contributed by atoms with van der Waals surface area (Å²) in [6, 6.07) is 0.554. The second-order valence-corrected chi connectivity index (χ2v) is 4.88. The molecule has 0 aromatic rings. The van der Waals surface area contributed by atoms with Crippen LogP contribution in [0, 0.1) is 0 Å². The Hall–Kier alpha value is -0.240. The molecule has 0 radical (unpaired) electrons. The van der Waals surface area contributed by atoms with E-state index < -0.39 is 0 Å². The Morgan fingerprint density at radius 1 is 1.11 bits per heavy atom. The highest BCUT2D eigenvalue weighted by Crippen LogP contribution is 1.99. The maximum atomic E-state index is 5.68. The summed E-state index contributed by atoms with van der Waals surface area (Å²) in [4.78, 5) is 2.39. The SMILES string of the molecule is CCC1CNCCN1N.NCCN1CCNCC1. The third kappa shape index (κ3) is 6.08. The van der Waals surface area contributed by atoms with Crippen LogP contribution in [0.5, 0.6) is 0 Å². The fraction of sp³-hybridized carbons (Fsp3) is 1.00. The number of nitrogens with two attached hydrogens (primary N) is 2. The first-order valence-corrected chi connectivity index (χ1v) is 7.13. The maximum absolute atomic E-state index is 5.68. The van der Waals surface area contributed by atoms with Gasteiger partial charge in [0.15, 0.2) is 0 Å². The zero-order valence-corrected chi connectivity index (χ0v) is 11.7. The van der Waals surface area contributed by atoms with Crippen LogP contribution in [0.4, 0.5) is 0 Å². The third-order valence-electron chi connectivity index (χ3n) is 3.52. The number of rotatable bonds is 3. The number of hydrogen-bond acceptors (Lipinski definition) is 6. The van der Waals surface area contributed by atoms with E-state index >= 15 is 0 Å². The van der Waals surface area contributed by atoms with E-state index in [1.54, 1.807) is 0 Å². The first kappa shape index (κ1) is 15.8. The van der Waals surface area contributed by atoms with Crippen LogP contribution in [0.3, 0.4) is 0 Å². The minimum Gasteiger partial charge on any atom is -0.329 e. The fourth-order valence-electron chi connectivity index (χ4n) is 2.27. The van der Waals surface area contributed by atoms with E-state index in [1.165, 1.54) is 0 Å². The van der Waals surface area contributed by atoms with Crippen LogP contribution in [-0.4, -0.2) is 74.9 Å². The summed E-state index contributed by atoms with van der Waals surface area (Å²) < 4.78 is 0. The average Bonchev–Trinajstić information content (AvgIpc) is 2.42. The van der Waals surface area contributed by atoms with Crippen molar-refractivity contribution in [3.63, 3.8) is 0 Å². The van der Waals surface area contributed by atoms with Gasteiger partial charge in [0.1, 0.15) is 0 Å². The zero-order valence-electron chi connectivity index (χ0n) is 11.7. The number of nitrogens with zero attached hydrogens (tertiary/aromatic N) is 2. The number of nitrogens with one attached hydrogen (secondary N) is 2. The molecule has 1 unspecified atom stereocenters. The smallest absolute Gasteiger partial charge is 0.0363 e. The molecular weight excluding hydrogens is 228 g/mol. The second kappa shape index (κ2) is 9.66. The van der Waals surface area contributed by atoms with Gasteiger partial charge in [0.2, 0.25) is 0 Å². The summed E-state index contributed by atoms with van der Waals surface area (Å²) in [5, 5.41) is 8.51. The molecule has 6 heteroatoms. The summed E-state index contributed by atoms with van der Waals surface area (Å²) >= 11 is 0. The van der Waals surface area contributed by atoms with E-state index in [9.17, 15) is 0 Å². The Kier molecular flexibility index (Phi) is 8.49. The highest BCUT2D eigenvalue weighted by Gasteiger charge is 2.15. The van der Waals surface area contributed by atoms with Gasteiger partial charge in [-0.3, -0.25) is 10.7 Å². The maximum Gasteiger partial charge on any atom is 0.0363 e. The molecule has 0 spiro atoms. The van der Waals surface area contributed by atoms with Crippen molar-refractivity contribution in [1.29, 1.82) is 0 Å². The van der Waals surface area contributed by atoms with Gasteiger partial charge in [0, 0.05) is 64.9 Å². The highest BCUT2D eigenvalue weighted by atomic mass is 15.4. The lowest BCUT2D eigenvalue weighted by molar-refractivity contribution is 0.160. The molecule has 2 rings (SSSR count). The first-order valence-electron chi connectivity index (χ1n) is 7.13. The van der Waals surface area contributed by atoms with E-state index in [0.717, 1.165) is 65.3 Å². The van der Waals surface area contributed by atoms with Crippen molar-refractivity contribution in [2.75, 3.05) is 58.9 Å². The van der Waals surface area contributed by atoms with Gasteiger partial charge in [0.05, 0.1) is 0 Å². The molecule has 1 atom stereocenters. The normalized spacial score (nSPS) is 26.5. The summed E-state index contributed by atoms with van der Waals surface area (Å²) in [6.45, 7) is 11.7. The summed E-state index contributed by atoms with van der Waals surface area (Å²) in [5.41, 5.74) is 5.40. The minimum absolute atomic E-state index is 0.554. The lowest BCUT2D eigenvalue weighted by atomic mass is 10.2. The molecule has 2 fully saturated rings. The Bertz CT molecular complexity index is 189. The quantitative estimate of drug-likeness (QED) is 0.456. The molecular formula is C12H30N6. The van der Waals surface area contributed by atoms with Crippen LogP contribution in [0.15, 0.2) is 0 Å². The van der Waals surface area contributed by atoms with Crippen LogP contribution in [0.2, 0.25) is 0 Å². The third-order valence-corrected chi connectivity index (χ3v) is 3.52. The molecule has 0 aromatic heterocycles. The molecule has 0 aromatic carbocycles. The van der Waals surface area contributed by atoms with Gasteiger partial charge in [-0.05, 0) is 6.42 Å². The molecule has 6 nitrogen and oxygen atoms in total. The Morgan fingerprint density at radius 2 is 1.78 bits per heavy atom. The van der Waals surface area contributed by atoms with Crippen molar-refractivity contribution < 1.29 is 0 Å². The van der Waals surface area contributed by atoms with Gasteiger partial charge in [-0.2, -0.15) is 0 Å².